The van der Waals surface area contributed by atoms with Crippen LogP contribution in [0.3, 0.4) is 0 Å². The number of aromatic nitrogens is 2. The molecule has 54 valence electrons. The summed E-state index contributed by atoms with van der Waals surface area (Å²) in [7, 11) is 0. The van der Waals surface area contributed by atoms with E-state index in [1.165, 1.54) is 6.26 Å². The van der Waals surface area contributed by atoms with Crippen molar-refractivity contribution in [2.75, 3.05) is 18.1 Å². The molecule has 0 atom stereocenters. The van der Waals surface area contributed by atoms with Gasteiger partial charge >= 0.3 is 0 Å². The van der Waals surface area contributed by atoms with Gasteiger partial charge in [-0.05, 0) is 0 Å². The number of nitrogens with one attached hydrogen (secondary N) is 2. The summed E-state index contributed by atoms with van der Waals surface area (Å²) in [6.07, 6.45) is 1.49. The van der Waals surface area contributed by atoms with E-state index >= 15 is 0 Å². The Morgan fingerprint density at radius 3 is 3.30 bits per heavy atom. The molecule has 2 rings (SSSR count). The smallest absolute Gasteiger partial charge is 0.208 e. The highest BCUT2D eigenvalue weighted by molar-refractivity contribution is 5.31. The average molecular weight is 141 g/mol. The third-order valence-corrected chi connectivity index (χ3v) is 1.30. The van der Waals surface area contributed by atoms with Gasteiger partial charge in [0.15, 0.2) is 6.26 Å². The Labute approximate surface area is 57.1 Å². The van der Waals surface area contributed by atoms with E-state index in [9.17, 15) is 0 Å². The van der Waals surface area contributed by atoms with Crippen molar-refractivity contribution in [2.24, 2.45) is 0 Å². The maximum atomic E-state index is 4.56. The fourth-order valence-corrected chi connectivity index (χ4v) is 0.824. The van der Waals surface area contributed by atoms with Gasteiger partial charge < -0.3 is 4.52 Å². The molecule has 0 amide bonds. The predicted octanol–water partition coefficient (Wildman–Crippen LogP) is -1.10. The molecule has 1 aromatic rings. The summed E-state index contributed by atoms with van der Waals surface area (Å²) >= 11 is 0. The van der Waals surface area contributed by atoms with Crippen LogP contribution in [0, 0.1) is 0 Å². The standard InChI is InChI=1S/C4H7N5O/c1-2-9(7-5-1)4-3-10-8-6-4/h3,5,7H,1-2H2. The summed E-state index contributed by atoms with van der Waals surface area (Å²) in [5.74, 6) is 0.699. The van der Waals surface area contributed by atoms with Gasteiger partial charge in [0.05, 0.1) is 6.54 Å². The third-order valence-electron chi connectivity index (χ3n) is 1.30. The zero-order valence-electron chi connectivity index (χ0n) is 5.24. The highest BCUT2D eigenvalue weighted by Gasteiger charge is 2.13. The number of rotatable bonds is 1. The van der Waals surface area contributed by atoms with Crippen LogP contribution in [-0.4, -0.2) is 23.5 Å². The summed E-state index contributed by atoms with van der Waals surface area (Å²) < 4.78 is 4.56. The molecule has 0 spiro atoms. The van der Waals surface area contributed by atoms with Gasteiger partial charge in [-0.15, -0.1) is 0 Å². The summed E-state index contributed by atoms with van der Waals surface area (Å²) in [4.78, 5) is 0. The molecule has 0 aromatic carbocycles. The second-order valence-electron chi connectivity index (χ2n) is 1.95. The number of nitrogens with zero attached hydrogens (tertiary/aromatic N) is 3. The Kier molecular flexibility index (Phi) is 1.26. The van der Waals surface area contributed by atoms with Crippen molar-refractivity contribution in [3.8, 4) is 0 Å². The van der Waals surface area contributed by atoms with E-state index in [2.05, 4.69) is 25.9 Å². The second kappa shape index (κ2) is 2.24. The first-order chi connectivity index (χ1) is 4.97. The Morgan fingerprint density at radius 1 is 1.70 bits per heavy atom. The highest BCUT2D eigenvalue weighted by atomic mass is 16.5. The van der Waals surface area contributed by atoms with Crippen molar-refractivity contribution in [2.45, 2.75) is 0 Å². The normalized spacial score (nSPS) is 18.2. The van der Waals surface area contributed by atoms with Crippen molar-refractivity contribution in [3.63, 3.8) is 0 Å². The molecule has 2 N–H and O–H groups in total. The van der Waals surface area contributed by atoms with Gasteiger partial charge in [-0.2, -0.15) is 5.53 Å². The van der Waals surface area contributed by atoms with Crippen LogP contribution in [0.5, 0.6) is 0 Å². The zero-order valence-corrected chi connectivity index (χ0v) is 5.24. The first-order valence-corrected chi connectivity index (χ1v) is 3.00. The van der Waals surface area contributed by atoms with Gasteiger partial charge in [-0.25, -0.2) is 5.43 Å². The van der Waals surface area contributed by atoms with Crippen molar-refractivity contribution in [3.05, 3.63) is 6.26 Å². The molecule has 1 aliphatic rings. The van der Waals surface area contributed by atoms with E-state index in [1.807, 2.05) is 5.01 Å². The minimum absolute atomic E-state index is 0.699. The highest BCUT2D eigenvalue weighted by Crippen LogP contribution is 2.05. The molecule has 1 aromatic heterocycles. The van der Waals surface area contributed by atoms with Gasteiger partial charge in [-0.3, -0.25) is 5.01 Å². The topological polar surface area (TPSA) is 66.2 Å². The summed E-state index contributed by atoms with van der Waals surface area (Å²) in [6.45, 7) is 1.76. The Balaban J connectivity index is 2.12. The molecule has 0 aliphatic carbocycles. The van der Waals surface area contributed by atoms with Gasteiger partial charge in [0.25, 0.3) is 0 Å². The van der Waals surface area contributed by atoms with E-state index in [1.54, 1.807) is 0 Å². The van der Waals surface area contributed by atoms with E-state index in [4.69, 9.17) is 0 Å². The number of anilines is 1. The van der Waals surface area contributed by atoms with Crippen LogP contribution in [0.2, 0.25) is 0 Å². The third kappa shape index (κ3) is 0.829. The summed E-state index contributed by atoms with van der Waals surface area (Å²) in [5.41, 5.74) is 5.81. The van der Waals surface area contributed by atoms with E-state index in [0.29, 0.717) is 5.82 Å². The first kappa shape index (κ1) is 5.63. The molecule has 1 aliphatic heterocycles. The molecular formula is C4H7N5O. The van der Waals surface area contributed by atoms with Gasteiger partial charge in [0.2, 0.25) is 5.82 Å². The first-order valence-electron chi connectivity index (χ1n) is 3.00. The minimum Gasteiger partial charge on any atom is -0.343 e. The molecule has 2 heterocycles. The SMILES string of the molecule is c1onnc1N1CCNN1. The average Bonchev–Trinajstić information content (AvgIpc) is 2.59. The van der Waals surface area contributed by atoms with Crippen molar-refractivity contribution < 1.29 is 4.52 Å². The maximum absolute atomic E-state index is 4.56. The van der Waals surface area contributed by atoms with Crippen LogP contribution in [0.4, 0.5) is 5.82 Å². The fraction of sp³-hybridized carbons (Fsp3) is 0.500. The number of hydrogen-bond acceptors (Lipinski definition) is 6. The Bertz CT molecular complexity index is 191. The van der Waals surface area contributed by atoms with Crippen LogP contribution >= 0.6 is 0 Å². The number of hydrogen-bond donors (Lipinski definition) is 2. The van der Waals surface area contributed by atoms with Crippen molar-refractivity contribution in [1.29, 1.82) is 0 Å². The maximum Gasteiger partial charge on any atom is 0.208 e. The monoisotopic (exact) mass is 141 g/mol. The molecule has 1 saturated heterocycles. The predicted molar refractivity (Wildman–Crippen MR) is 32.8 cm³/mol. The molecule has 1 fully saturated rings. The van der Waals surface area contributed by atoms with E-state index in [0.717, 1.165) is 13.1 Å². The fourth-order valence-electron chi connectivity index (χ4n) is 0.824. The molecule has 0 radical (unpaired) electrons. The van der Waals surface area contributed by atoms with Crippen LogP contribution in [0.1, 0.15) is 0 Å². The second-order valence-corrected chi connectivity index (χ2v) is 1.95. The summed E-state index contributed by atoms with van der Waals surface area (Å²) in [5, 5.41) is 8.85. The molecule has 10 heavy (non-hydrogen) atoms. The van der Waals surface area contributed by atoms with Gasteiger partial charge in [0.1, 0.15) is 0 Å². The molecule has 6 heteroatoms. The van der Waals surface area contributed by atoms with Gasteiger partial charge in [0, 0.05) is 11.8 Å². The van der Waals surface area contributed by atoms with E-state index < -0.39 is 0 Å². The molecule has 0 unspecified atom stereocenters. The van der Waals surface area contributed by atoms with Crippen LogP contribution in [0.25, 0.3) is 0 Å². The van der Waals surface area contributed by atoms with Crippen LogP contribution < -0.4 is 16.0 Å². The summed E-state index contributed by atoms with van der Waals surface area (Å²) in [6, 6.07) is 0. The lowest BCUT2D eigenvalue weighted by atomic mass is 10.6. The molecule has 0 bridgehead atoms. The molecular weight excluding hydrogens is 134 g/mol. The minimum atomic E-state index is 0.699. The lowest BCUT2D eigenvalue weighted by Gasteiger charge is -2.09. The van der Waals surface area contributed by atoms with E-state index in [-0.39, 0.29) is 0 Å². The van der Waals surface area contributed by atoms with Gasteiger partial charge in [-0.1, -0.05) is 5.10 Å². The largest absolute Gasteiger partial charge is 0.343 e. The lowest BCUT2D eigenvalue weighted by Crippen LogP contribution is -2.36. The molecule has 0 saturated carbocycles. The lowest BCUT2D eigenvalue weighted by molar-refractivity contribution is 0.393. The Morgan fingerprint density at radius 2 is 2.70 bits per heavy atom. The van der Waals surface area contributed by atoms with Crippen LogP contribution in [0.15, 0.2) is 10.8 Å². The Hall–Kier alpha value is -1.14. The van der Waals surface area contributed by atoms with Crippen molar-refractivity contribution in [1.82, 2.24) is 21.3 Å². The quantitative estimate of drug-likeness (QED) is 0.517. The molecule has 6 nitrogen and oxygen atoms in total. The number of hydrazine groups is 2. The van der Waals surface area contributed by atoms with Crippen LogP contribution in [-0.2, 0) is 0 Å². The van der Waals surface area contributed by atoms with Crippen molar-refractivity contribution >= 4 is 5.82 Å². The zero-order chi connectivity index (χ0) is 6.81.